The monoisotopic (exact) mass is 1320 g/mol. The number of ether oxygens (including phenoxy) is 4. The lowest BCUT2D eigenvalue weighted by molar-refractivity contribution is -0.161. The quantitative estimate of drug-likeness (QED) is 0.0222. The SMILES string of the molecule is CCCCCCCCCCCCCC(=O)O[C@H](COC(=O)CCCCCCCCCC(C)C)COP(=O)(O)OC[C@H](O)COP(=O)(O)OC[C@@H](COC(=O)CCCCCCCCCCCCCC(C)C)OC(=O)CCCCCCCCCCCCCCC(C)C. The number of carbonyl (C=O) groups excluding carboxylic acids is 4. The van der Waals surface area contributed by atoms with Crippen LogP contribution in [0.25, 0.3) is 0 Å². The summed E-state index contributed by atoms with van der Waals surface area (Å²) in [7, 11) is -9.90. The normalized spacial score (nSPS) is 14.2. The van der Waals surface area contributed by atoms with Gasteiger partial charge in [0.15, 0.2) is 12.2 Å². The lowest BCUT2D eigenvalue weighted by Gasteiger charge is -2.21. The van der Waals surface area contributed by atoms with Crippen LogP contribution in [0.4, 0.5) is 0 Å². The molecule has 0 aliphatic carbocycles. The predicted molar refractivity (Wildman–Crippen MR) is 363 cm³/mol. The Hall–Kier alpha value is -1.94. The van der Waals surface area contributed by atoms with E-state index in [0.717, 1.165) is 108 Å². The minimum atomic E-state index is -4.95. The van der Waals surface area contributed by atoms with Crippen molar-refractivity contribution in [2.45, 2.75) is 375 Å². The molecule has 0 heterocycles. The predicted octanol–water partition coefficient (Wildman–Crippen LogP) is 20.2. The van der Waals surface area contributed by atoms with Gasteiger partial charge in [0.1, 0.15) is 19.3 Å². The molecule has 0 saturated heterocycles. The second-order valence-electron chi connectivity index (χ2n) is 27.1. The van der Waals surface area contributed by atoms with Crippen LogP contribution >= 0.6 is 15.6 Å². The number of esters is 4. The maximum atomic E-state index is 13.0. The van der Waals surface area contributed by atoms with E-state index in [4.69, 9.17) is 37.0 Å². The average Bonchev–Trinajstić information content (AvgIpc) is 3.70. The van der Waals surface area contributed by atoms with Crippen molar-refractivity contribution in [3.05, 3.63) is 0 Å². The summed E-state index contributed by atoms with van der Waals surface area (Å²) in [4.78, 5) is 72.6. The van der Waals surface area contributed by atoms with E-state index in [2.05, 4.69) is 48.5 Å². The topological polar surface area (TPSA) is 237 Å². The van der Waals surface area contributed by atoms with Crippen LogP contribution in [0, 0.1) is 17.8 Å². The van der Waals surface area contributed by atoms with Crippen molar-refractivity contribution in [3.63, 3.8) is 0 Å². The second kappa shape index (κ2) is 61.9. The maximum Gasteiger partial charge on any atom is 0.472 e. The van der Waals surface area contributed by atoms with Gasteiger partial charge >= 0.3 is 39.5 Å². The van der Waals surface area contributed by atoms with Gasteiger partial charge in [0.2, 0.25) is 0 Å². The molecule has 0 aromatic rings. The number of unbranched alkanes of at least 4 members (excludes halogenated alkanes) is 37. The molecule has 0 bridgehead atoms. The van der Waals surface area contributed by atoms with Gasteiger partial charge in [0.25, 0.3) is 0 Å². The smallest absolute Gasteiger partial charge is 0.462 e. The molecule has 534 valence electrons. The van der Waals surface area contributed by atoms with E-state index in [-0.39, 0.29) is 25.7 Å². The molecule has 5 atom stereocenters. The number of hydrogen-bond donors (Lipinski definition) is 3. The molecule has 90 heavy (non-hydrogen) atoms. The Bertz CT molecular complexity index is 1770. The number of phosphoric acid groups is 2. The lowest BCUT2D eigenvalue weighted by atomic mass is 10.0. The third-order valence-corrected chi connectivity index (χ3v) is 18.3. The molecule has 0 aliphatic heterocycles. The summed E-state index contributed by atoms with van der Waals surface area (Å²) in [5, 5.41) is 10.6. The van der Waals surface area contributed by atoms with Crippen LogP contribution in [-0.4, -0.2) is 96.7 Å². The molecule has 0 spiro atoms. The molecular formula is C71H138O17P2. The van der Waals surface area contributed by atoms with Crippen LogP contribution in [0.3, 0.4) is 0 Å². The molecular weight excluding hydrogens is 1190 g/mol. The fourth-order valence-electron chi connectivity index (χ4n) is 10.7. The summed E-state index contributed by atoms with van der Waals surface area (Å²) in [5.41, 5.74) is 0. The molecule has 0 saturated carbocycles. The van der Waals surface area contributed by atoms with Gasteiger partial charge in [0, 0.05) is 25.7 Å². The van der Waals surface area contributed by atoms with Crippen molar-refractivity contribution in [2.75, 3.05) is 39.6 Å². The number of rotatable bonds is 69. The molecule has 17 nitrogen and oxygen atoms in total. The highest BCUT2D eigenvalue weighted by Gasteiger charge is 2.30. The summed E-state index contributed by atoms with van der Waals surface area (Å²) < 4.78 is 68.3. The van der Waals surface area contributed by atoms with E-state index in [1.54, 1.807) is 0 Å². The molecule has 19 heteroatoms. The van der Waals surface area contributed by atoms with Crippen molar-refractivity contribution in [2.24, 2.45) is 17.8 Å². The van der Waals surface area contributed by atoms with Crippen LogP contribution < -0.4 is 0 Å². The summed E-state index contributed by atoms with van der Waals surface area (Å²) in [6, 6.07) is 0. The van der Waals surface area contributed by atoms with Gasteiger partial charge < -0.3 is 33.8 Å². The number of carbonyl (C=O) groups is 4. The van der Waals surface area contributed by atoms with Crippen molar-refractivity contribution >= 4 is 39.5 Å². The number of aliphatic hydroxyl groups is 1. The Kier molecular flexibility index (Phi) is 60.6. The molecule has 0 aliphatic rings. The van der Waals surface area contributed by atoms with Crippen LogP contribution in [0.15, 0.2) is 0 Å². The van der Waals surface area contributed by atoms with Crippen molar-refractivity contribution < 1.29 is 80.2 Å². The van der Waals surface area contributed by atoms with Crippen molar-refractivity contribution in [1.82, 2.24) is 0 Å². The van der Waals surface area contributed by atoms with Crippen molar-refractivity contribution in [3.8, 4) is 0 Å². The summed E-state index contributed by atoms with van der Waals surface area (Å²) in [6.45, 7) is 11.8. The molecule has 0 rings (SSSR count). The highest BCUT2D eigenvalue weighted by Crippen LogP contribution is 2.45. The van der Waals surface area contributed by atoms with Gasteiger partial charge in [-0.2, -0.15) is 0 Å². The third kappa shape index (κ3) is 64.8. The van der Waals surface area contributed by atoms with Crippen molar-refractivity contribution in [1.29, 1.82) is 0 Å². The first-order valence-corrected chi connectivity index (χ1v) is 39.8. The fraction of sp³-hybridized carbons (Fsp3) is 0.944. The molecule has 2 unspecified atom stereocenters. The van der Waals surface area contributed by atoms with E-state index >= 15 is 0 Å². The first kappa shape index (κ1) is 88.1. The third-order valence-electron chi connectivity index (χ3n) is 16.4. The van der Waals surface area contributed by atoms with Gasteiger partial charge in [-0.25, -0.2) is 9.13 Å². The molecule has 3 N–H and O–H groups in total. The Balaban J connectivity index is 5.25. The maximum absolute atomic E-state index is 13.0. The zero-order valence-corrected chi connectivity index (χ0v) is 60.4. The Labute approximate surface area is 549 Å². The highest BCUT2D eigenvalue weighted by molar-refractivity contribution is 7.47. The van der Waals surface area contributed by atoms with E-state index in [1.807, 2.05) is 0 Å². The molecule has 0 amide bonds. The summed E-state index contributed by atoms with van der Waals surface area (Å²) in [6.07, 6.45) is 45.8. The molecule has 0 aromatic heterocycles. The Morgan fingerprint density at radius 3 is 0.756 bits per heavy atom. The highest BCUT2D eigenvalue weighted by atomic mass is 31.2. The molecule has 0 aromatic carbocycles. The van der Waals surface area contributed by atoms with Gasteiger partial charge in [-0.05, 0) is 43.4 Å². The number of hydrogen-bond acceptors (Lipinski definition) is 15. The summed E-state index contributed by atoms with van der Waals surface area (Å²) >= 11 is 0. The molecule has 0 radical (unpaired) electrons. The number of aliphatic hydroxyl groups excluding tert-OH is 1. The zero-order chi connectivity index (χ0) is 66.6. The van der Waals surface area contributed by atoms with Crippen LogP contribution in [0.5, 0.6) is 0 Å². The average molecular weight is 1330 g/mol. The largest absolute Gasteiger partial charge is 0.472 e. The van der Waals surface area contributed by atoms with Crippen LogP contribution in [0.1, 0.15) is 357 Å². The first-order valence-electron chi connectivity index (χ1n) is 36.8. The van der Waals surface area contributed by atoms with Gasteiger partial charge in [-0.1, -0.05) is 305 Å². The minimum Gasteiger partial charge on any atom is -0.462 e. The van der Waals surface area contributed by atoms with E-state index in [0.29, 0.717) is 31.6 Å². The van der Waals surface area contributed by atoms with Gasteiger partial charge in [-0.15, -0.1) is 0 Å². The van der Waals surface area contributed by atoms with E-state index in [1.165, 1.54) is 161 Å². The van der Waals surface area contributed by atoms with Crippen LogP contribution in [-0.2, 0) is 65.4 Å². The second-order valence-corrected chi connectivity index (χ2v) is 30.0. The summed E-state index contributed by atoms with van der Waals surface area (Å²) in [5.74, 6) is 0.129. The van der Waals surface area contributed by atoms with Gasteiger partial charge in [0.05, 0.1) is 26.4 Å². The Morgan fingerprint density at radius 1 is 0.300 bits per heavy atom. The zero-order valence-electron chi connectivity index (χ0n) is 58.6. The van der Waals surface area contributed by atoms with E-state index < -0.39 is 97.5 Å². The first-order chi connectivity index (χ1) is 43.2. The Morgan fingerprint density at radius 2 is 0.511 bits per heavy atom. The lowest BCUT2D eigenvalue weighted by Crippen LogP contribution is -2.30. The fourth-order valence-corrected chi connectivity index (χ4v) is 12.3. The van der Waals surface area contributed by atoms with Crippen LogP contribution in [0.2, 0.25) is 0 Å². The molecule has 0 fully saturated rings. The van der Waals surface area contributed by atoms with Gasteiger partial charge in [-0.3, -0.25) is 37.3 Å². The standard InChI is InChI=1S/C71H138O17P2/c1-8-9-10-11-12-13-17-25-32-40-47-54-70(75)88-67(59-82-69(74)53-46-39-34-27-30-37-44-51-64(6)7)61-86-90(79,80)84-57-65(72)56-83-89(77,78)85-60-66(58-81-68(73)52-45-38-31-24-21-16-19-23-29-36-43-50-63(4)5)87-71(76)55-48-41-33-26-20-15-14-18-22-28-35-42-49-62(2)3/h62-67,72H,8-61H2,1-7H3,(H,77,78)(H,79,80)/t65-,66-,67-/m1/s1. The minimum absolute atomic E-state index is 0.106. The van der Waals surface area contributed by atoms with E-state index in [9.17, 15) is 43.2 Å². The number of phosphoric ester groups is 2.